The molecule has 0 aliphatic heterocycles. The Labute approximate surface area is 103 Å². The van der Waals surface area contributed by atoms with E-state index in [-0.39, 0.29) is 30.9 Å². The predicted molar refractivity (Wildman–Crippen MR) is 64.3 cm³/mol. The van der Waals surface area contributed by atoms with E-state index in [0.717, 1.165) is 6.42 Å². The first-order valence-electron chi connectivity index (χ1n) is 5.96. The van der Waals surface area contributed by atoms with Crippen LogP contribution in [-0.2, 0) is 14.3 Å². The van der Waals surface area contributed by atoms with E-state index in [1.54, 1.807) is 13.8 Å². The normalized spacial score (nSPS) is 13.9. The number of ether oxygens (including phenoxy) is 1. The molecule has 0 aromatic carbocycles. The van der Waals surface area contributed by atoms with Gasteiger partial charge in [0.05, 0.1) is 19.1 Å². The minimum Gasteiger partial charge on any atom is -0.469 e. The monoisotopic (exact) mass is 245 g/mol. The average molecular weight is 245 g/mol. The summed E-state index contributed by atoms with van der Waals surface area (Å²) in [7, 11) is 1.33. The number of hydrogen-bond acceptors (Lipinski definition) is 4. The van der Waals surface area contributed by atoms with Crippen molar-refractivity contribution in [3.05, 3.63) is 0 Å². The van der Waals surface area contributed by atoms with Crippen LogP contribution in [0.3, 0.4) is 0 Å². The van der Waals surface area contributed by atoms with Crippen LogP contribution >= 0.6 is 0 Å². The van der Waals surface area contributed by atoms with Crippen LogP contribution in [0.1, 0.15) is 33.6 Å². The van der Waals surface area contributed by atoms with Gasteiger partial charge in [-0.05, 0) is 13.3 Å². The molecule has 0 bridgehead atoms. The highest BCUT2D eigenvalue weighted by atomic mass is 16.5. The zero-order valence-corrected chi connectivity index (χ0v) is 11.1. The van der Waals surface area contributed by atoms with Crippen LogP contribution in [-0.4, -0.2) is 48.2 Å². The van der Waals surface area contributed by atoms with Gasteiger partial charge in [-0.2, -0.15) is 0 Å². The third-order valence-corrected chi connectivity index (χ3v) is 2.40. The van der Waals surface area contributed by atoms with E-state index in [4.69, 9.17) is 0 Å². The molecular formula is C12H23NO4. The summed E-state index contributed by atoms with van der Waals surface area (Å²) in [6.07, 6.45) is 0.586. The molecule has 17 heavy (non-hydrogen) atoms. The number of carbonyl (C=O) groups is 2. The Morgan fingerprint density at radius 3 is 2.29 bits per heavy atom. The molecule has 0 fully saturated rings. The van der Waals surface area contributed by atoms with Crippen molar-refractivity contribution in [2.24, 2.45) is 5.92 Å². The number of aliphatic hydroxyl groups excluding tert-OH is 1. The van der Waals surface area contributed by atoms with E-state index in [2.05, 4.69) is 4.74 Å². The van der Waals surface area contributed by atoms with Crippen molar-refractivity contribution in [2.75, 3.05) is 20.2 Å². The second-order valence-corrected chi connectivity index (χ2v) is 4.32. The molecule has 1 amide bonds. The van der Waals surface area contributed by atoms with Crippen molar-refractivity contribution in [1.82, 2.24) is 4.90 Å². The molecule has 5 heteroatoms. The third-order valence-electron chi connectivity index (χ3n) is 2.40. The second-order valence-electron chi connectivity index (χ2n) is 4.32. The van der Waals surface area contributed by atoms with Crippen LogP contribution in [0.15, 0.2) is 0 Å². The fraction of sp³-hybridized carbons (Fsp3) is 0.833. The molecule has 0 aromatic rings. The van der Waals surface area contributed by atoms with E-state index in [0.29, 0.717) is 6.42 Å². The standard InChI is InChI=1S/C12H23NO4/c1-5-6-11(15)13(8-10(3)14)7-9(2)12(16)17-4/h9-10,14H,5-8H2,1-4H3. The summed E-state index contributed by atoms with van der Waals surface area (Å²) in [5.74, 6) is -0.756. The van der Waals surface area contributed by atoms with Gasteiger partial charge >= 0.3 is 5.97 Å². The van der Waals surface area contributed by atoms with Crippen LogP contribution in [0.25, 0.3) is 0 Å². The fourth-order valence-corrected chi connectivity index (χ4v) is 1.58. The van der Waals surface area contributed by atoms with Gasteiger partial charge in [0.15, 0.2) is 0 Å². The number of amides is 1. The van der Waals surface area contributed by atoms with Crippen LogP contribution < -0.4 is 0 Å². The van der Waals surface area contributed by atoms with Crippen LogP contribution in [0, 0.1) is 5.92 Å². The summed E-state index contributed by atoms with van der Waals surface area (Å²) in [6.45, 7) is 5.79. The fourth-order valence-electron chi connectivity index (χ4n) is 1.58. The summed E-state index contributed by atoms with van der Waals surface area (Å²) in [5, 5.41) is 9.34. The summed E-state index contributed by atoms with van der Waals surface area (Å²) in [6, 6.07) is 0. The lowest BCUT2D eigenvalue weighted by atomic mass is 10.1. The first kappa shape index (κ1) is 15.9. The van der Waals surface area contributed by atoms with Crippen LogP contribution in [0.2, 0.25) is 0 Å². The first-order chi connectivity index (χ1) is 7.92. The minimum absolute atomic E-state index is 0.0378. The van der Waals surface area contributed by atoms with Gasteiger partial charge in [0.25, 0.3) is 0 Å². The number of nitrogens with zero attached hydrogens (tertiary/aromatic N) is 1. The Hall–Kier alpha value is -1.10. The molecule has 5 nitrogen and oxygen atoms in total. The Bertz CT molecular complexity index is 253. The highest BCUT2D eigenvalue weighted by Gasteiger charge is 2.21. The molecule has 0 spiro atoms. The van der Waals surface area contributed by atoms with Gasteiger partial charge < -0.3 is 14.7 Å². The van der Waals surface area contributed by atoms with E-state index in [1.807, 2.05) is 6.92 Å². The lowest BCUT2D eigenvalue weighted by Crippen LogP contribution is -2.41. The molecule has 2 unspecified atom stereocenters. The highest BCUT2D eigenvalue weighted by Crippen LogP contribution is 2.06. The van der Waals surface area contributed by atoms with Crippen LogP contribution in [0.5, 0.6) is 0 Å². The number of carbonyl (C=O) groups excluding carboxylic acids is 2. The Kier molecular flexibility index (Phi) is 7.54. The molecule has 2 atom stereocenters. The quantitative estimate of drug-likeness (QED) is 0.674. The van der Waals surface area contributed by atoms with Crippen molar-refractivity contribution < 1.29 is 19.4 Å². The van der Waals surface area contributed by atoms with Gasteiger partial charge in [-0.1, -0.05) is 13.8 Å². The Morgan fingerprint density at radius 1 is 1.29 bits per heavy atom. The van der Waals surface area contributed by atoms with E-state index in [9.17, 15) is 14.7 Å². The molecular weight excluding hydrogens is 222 g/mol. The molecule has 0 heterocycles. The Balaban J connectivity index is 4.47. The van der Waals surface area contributed by atoms with Gasteiger partial charge in [0.2, 0.25) is 5.91 Å². The van der Waals surface area contributed by atoms with E-state index >= 15 is 0 Å². The van der Waals surface area contributed by atoms with Gasteiger partial charge in [0.1, 0.15) is 0 Å². The molecule has 0 saturated carbocycles. The highest BCUT2D eigenvalue weighted by molar-refractivity contribution is 5.77. The van der Waals surface area contributed by atoms with E-state index in [1.165, 1.54) is 12.0 Å². The first-order valence-corrected chi connectivity index (χ1v) is 5.96. The van der Waals surface area contributed by atoms with Gasteiger partial charge in [-0.3, -0.25) is 9.59 Å². The number of methoxy groups -OCH3 is 1. The molecule has 1 N–H and O–H groups in total. The zero-order valence-electron chi connectivity index (χ0n) is 11.1. The maximum absolute atomic E-state index is 11.8. The van der Waals surface area contributed by atoms with Crippen molar-refractivity contribution in [2.45, 2.75) is 39.7 Å². The summed E-state index contributed by atoms with van der Waals surface area (Å²) >= 11 is 0. The molecule has 100 valence electrons. The van der Waals surface area contributed by atoms with Crippen molar-refractivity contribution in [3.63, 3.8) is 0 Å². The maximum Gasteiger partial charge on any atom is 0.310 e. The second kappa shape index (κ2) is 8.06. The number of aliphatic hydroxyl groups is 1. The molecule has 0 aliphatic carbocycles. The number of rotatable bonds is 7. The topological polar surface area (TPSA) is 66.8 Å². The SMILES string of the molecule is CCCC(=O)N(CC(C)O)CC(C)C(=O)OC. The van der Waals surface area contributed by atoms with Crippen molar-refractivity contribution in [3.8, 4) is 0 Å². The van der Waals surface area contributed by atoms with Crippen LogP contribution in [0.4, 0.5) is 0 Å². The summed E-state index contributed by atoms with van der Waals surface area (Å²) in [4.78, 5) is 24.6. The largest absolute Gasteiger partial charge is 0.469 e. The smallest absolute Gasteiger partial charge is 0.310 e. The number of esters is 1. The van der Waals surface area contributed by atoms with Gasteiger partial charge in [-0.25, -0.2) is 0 Å². The van der Waals surface area contributed by atoms with Gasteiger partial charge in [0, 0.05) is 19.5 Å². The third kappa shape index (κ3) is 6.26. The molecule has 0 rings (SSSR count). The summed E-state index contributed by atoms with van der Waals surface area (Å²) in [5.41, 5.74) is 0. The zero-order chi connectivity index (χ0) is 13.4. The Morgan fingerprint density at radius 2 is 1.88 bits per heavy atom. The molecule has 0 aliphatic rings. The maximum atomic E-state index is 11.8. The molecule has 0 aromatic heterocycles. The lowest BCUT2D eigenvalue weighted by Gasteiger charge is -2.26. The summed E-state index contributed by atoms with van der Waals surface area (Å²) < 4.78 is 4.62. The predicted octanol–water partition coefficient (Wildman–Crippen LogP) is 0.805. The average Bonchev–Trinajstić information content (AvgIpc) is 2.26. The molecule has 0 radical (unpaired) electrons. The van der Waals surface area contributed by atoms with Gasteiger partial charge in [-0.15, -0.1) is 0 Å². The number of hydrogen-bond donors (Lipinski definition) is 1. The van der Waals surface area contributed by atoms with E-state index < -0.39 is 6.10 Å². The van der Waals surface area contributed by atoms with Crippen molar-refractivity contribution in [1.29, 1.82) is 0 Å². The minimum atomic E-state index is -0.597. The molecule has 0 saturated heterocycles. The van der Waals surface area contributed by atoms with Crippen molar-refractivity contribution >= 4 is 11.9 Å². The lowest BCUT2D eigenvalue weighted by molar-refractivity contribution is -0.146.